The van der Waals surface area contributed by atoms with E-state index in [1.165, 1.54) is 0 Å². The van der Waals surface area contributed by atoms with Crippen molar-refractivity contribution in [3.05, 3.63) is 23.1 Å². The molecule has 3 nitrogen and oxygen atoms in total. The number of hydrogen-bond donors (Lipinski definition) is 0. The highest BCUT2D eigenvalue weighted by Gasteiger charge is 2.31. The first-order valence-corrected chi connectivity index (χ1v) is 9.53. The van der Waals surface area contributed by atoms with Gasteiger partial charge in [0.2, 0.25) is 0 Å². The second-order valence-corrected chi connectivity index (χ2v) is 7.12. The van der Waals surface area contributed by atoms with Crippen molar-refractivity contribution in [3.63, 3.8) is 0 Å². The van der Waals surface area contributed by atoms with Gasteiger partial charge in [0.1, 0.15) is 11.5 Å². The van der Waals surface area contributed by atoms with Crippen molar-refractivity contribution in [2.45, 2.75) is 31.1 Å². The van der Waals surface area contributed by atoms with E-state index in [0.29, 0.717) is 12.2 Å². The highest BCUT2D eigenvalue weighted by atomic mass is 32.2. The third kappa shape index (κ3) is 2.92. The number of benzene rings is 1. The smallest absolute Gasteiger partial charge is 0.171 e. The fraction of sp³-hybridized carbons (Fsp3) is 0.412. The van der Waals surface area contributed by atoms with Crippen LogP contribution in [-0.4, -0.2) is 24.4 Å². The van der Waals surface area contributed by atoms with Gasteiger partial charge in [0.15, 0.2) is 5.78 Å². The Bertz CT molecular complexity index is 729. The summed E-state index contributed by atoms with van der Waals surface area (Å²) in [4.78, 5) is 25.4. The molecule has 0 radical (unpaired) electrons. The molecule has 0 N–H and O–H groups in total. The van der Waals surface area contributed by atoms with Crippen molar-refractivity contribution in [1.29, 1.82) is 0 Å². The first-order valence-electron chi connectivity index (χ1n) is 7.42. The van der Waals surface area contributed by atoms with Crippen LogP contribution in [0.5, 0.6) is 5.75 Å². The summed E-state index contributed by atoms with van der Waals surface area (Å²) in [5.74, 6) is 0.977. The molecule has 1 aliphatic rings. The zero-order valence-corrected chi connectivity index (χ0v) is 14.3. The molecular weight excluding hydrogens is 316 g/mol. The molecule has 0 unspecified atom stereocenters. The van der Waals surface area contributed by atoms with E-state index in [9.17, 15) is 9.59 Å². The Morgan fingerprint density at radius 2 is 2.14 bits per heavy atom. The summed E-state index contributed by atoms with van der Waals surface area (Å²) in [6.45, 7) is 2.55. The molecule has 1 aromatic heterocycles. The van der Waals surface area contributed by atoms with Crippen molar-refractivity contribution < 1.29 is 14.3 Å². The Kier molecular flexibility index (Phi) is 4.54. The van der Waals surface area contributed by atoms with E-state index in [2.05, 4.69) is 0 Å². The molecule has 3 rings (SSSR count). The molecule has 2 aromatic rings. The first-order chi connectivity index (χ1) is 10.7. The van der Waals surface area contributed by atoms with Gasteiger partial charge in [-0.2, -0.15) is 0 Å². The molecule has 0 amide bonds. The summed E-state index contributed by atoms with van der Waals surface area (Å²) in [5, 5.41) is 2.99. The normalized spacial score (nSPS) is 14.3. The molecule has 1 saturated carbocycles. The molecule has 0 spiro atoms. The van der Waals surface area contributed by atoms with Gasteiger partial charge in [-0.1, -0.05) is 0 Å². The molecule has 22 heavy (non-hydrogen) atoms. The van der Waals surface area contributed by atoms with Crippen LogP contribution < -0.4 is 4.74 Å². The fourth-order valence-corrected chi connectivity index (χ4v) is 4.34. The number of fused-ring (bicyclic) bond motifs is 1. The zero-order chi connectivity index (χ0) is 15.7. The number of thiophene rings is 1. The van der Waals surface area contributed by atoms with Crippen LogP contribution in [0.15, 0.2) is 22.4 Å². The second kappa shape index (κ2) is 6.42. The summed E-state index contributed by atoms with van der Waals surface area (Å²) in [5.41, 5.74) is 0.647. The summed E-state index contributed by atoms with van der Waals surface area (Å²) in [6.07, 6.45) is 3.87. The maximum Gasteiger partial charge on any atom is 0.171 e. The maximum atomic E-state index is 12.5. The summed E-state index contributed by atoms with van der Waals surface area (Å²) < 4.78 is 6.79. The standard InChI is InChI=1S/C17H18O3S2/c1-3-20-14-9-22-15-7-6-11(17(21-2)16(14)15)13(19)8-12(18)10-4-5-10/h6-7,9-10H,3-5,8H2,1-2H3. The van der Waals surface area contributed by atoms with Crippen molar-refractivity contribution in [2.24, 2.45) is 5.92 Å². The van der Waals surface area contributed by atoms with E-state index < -0.39 is 0 Å². The van der Waals surface area contributed by atoms with E-state index in [0.717, 1.165) is 33.6 Å². The number of carbonyl (C=O) groups is 2. The third-order valence-corrected chi connectivity index (χ3v) is 5.59. The Balaban J connectivity index is 1.99. The average molecular weight is 334 g/mol. The molecule has 0 atom stereocenters. The number of thioether (sulfide) groups is 1. The second-order valence-electron chi connectivity index (χ2n) is 5.39. The van der Waals surface area contributed by atoms with Gasteiger partial charge in [-0.15, -0.1) is 23.1 Å². The number of ketones is 2. The SMILES string of the molecule is CCOc1csc2ccc(C(=O)CC(=O)C3CC3)c(SC)c12. The molecule has 1 aliphatic carbocycles. The predicted octanol–water partition coefficient (Wildman–Crippen LogP) is 4.57. The van der Waals surface area contributed by atoms with Gasteiger partial charge in [-0.05, 0) is 38.2 Å². The quantitative estimate of drug-likeness (QED) is 0.422. The van der Waals surface area contributed by atoms with Gasteiger partial charge < -0.3 is 4.74 Å². The van der Waals surface area contributed by atoms with Gasteiger partial charge in [-0.3, -0.25) is 9.59 Å². The van der Waals surface area contributed by atoms with Gasteiger partial charge in [0, 0.05) is 31.8 Å². The lowest BCUT2D eigenvalue weighted by atomic mass is 10.0. The Morgan fingerprint density at radius 1 is 1.36 bits per heavy atom. The Morgan fingerprint density at radius 3 is 2.77 bits per heavy atom. The van der Waals surface area contributed by atoms with E-state index >= 15 is 0 Å². The van der Waals surface area contributed by atoms with Crippen LogP contribution in [0.25, 0.3) is 10.1 Å². The first kappa shape index (κ1) is 15.6. The van der Waals surface area contributed by atoms with Crippen LogP contribution >= 0.6 is 23.1 Å². The molecule has 0 bridgehead atoms. The van der Waals surface area contributed by atoms with Crippen LogP contribution in [0.1, 0.15) is 36.5 Å². The number of Topliss-reactive ketones (excluding diaryl/α,β-unsaturated/α-hetero) is 2. The minimum atomic E-state index is -0.0724. The van der Waals surface area contributed by atoms with Crippen LogP contribution in [-0.2, 0) is 4.79 Å². The van der Waals surface area contributed by atoms with E-state index in [1.807, 2.05) is 30.7 Å². The lowest BCUT2D eigenvalue weighted by Crippen LogP contribution is -2.10. The lowest BCUT2D eigenvalue weighted by molar-refractivity contribution is -0.119. The zero-order valence-electron chi connectivity index (χ0n) is 12.7. The monoisotopic (exact) mass is 334 g/mol. The summed E-state index contributed by atoms with van der Waals surface area (Å²) in [6, 6.07) is 3.81. The van der Waals surface area contributed by atoms with Crippen LogP contribution in [0, 0.1) is 5.92 Å². The molecule has 116 valence electrons. The highest BCUT2D eigenvalue weighted by molar-refractivity contribution is 7.99. The molecule has 1 heterocycles. The van der Waals surface area contributed by atoms with Crippen molar-refractivity contribution >= 4 is 44.8 Å². The van der Waals surface area contributed by atoms with Crippen LogP contribution in [0.4, 0.5) is 0 Å². The van der Waals surface area contributed by atoms with Crippen molar-refractivity contribution in [3.8, 4) is 5.75 Å². The number of rotatable bonds is 7. The maximum absolute atomic E-state index is 12.5. The van der Waals surface area contributed by atoms with E-state index in [-0.39, 0.29) is 23.9 Å². The number of hydrogen-bond acceptors (Lipinski definition) is 5. The number of ether oxygens (including phenoxy) is 1. The van der Waals surface area contributed by atoms with Gasteiger partial charge in [-0.25, -0.2) is 0 Å². The van der Waals surface area contributed by atoms with Crippen LogP contribution in [0.2, 0.25) is 0 Å². The predicted molar refractivity (Wildman–Crippen MR) is 91.5 cm³/mol. The molecular formula is C17H18O3S2. The van der Waals surface area contributed by atoms with Crippen LogP contribution in [0.3, 0.4) is 0 Å². The van der Waals surface area contributed by atoms with Gasteiger partial charge in [0.05, 0.1) is 13.0 Å². The highest BCUT2D eigenvalue weighted by Crippen LogP contribution is 2.41. The minimum Gasteiger partial charge on any atom is -0.492 e. The van der Waals surface area contributed by atoms with Gasteiger partial charge in [0.25, 0.3) is 0 Å². The third-order valence-electron chi connectivity index (χ3n) is 3.83. The molecule has 0 saturated heterocycles. The minimum absolute atomic E-state index is 0.0256. The largest absolute Gasteiger partial charge is 0.492 e. The lowest BCUT2D eigenvalue weighted by Gasteiger charge is -2.10. The van der Waals surface area contributed by atoms with E-state index in [1.54, 1.807) is 23.1 Å². The van der Waals surface area contributed by atoms with Crippen molar-refractivity contribution in [1.82, 2.24) is 0 Å². The summed E-state index contributed by atoms with van der Waals surface area (Å²) in [7, 11) is 0. The molecule has 1 fully saturated rings. The van der Waals surface area contributed by atoms with Gasteiger partial charge >= 0.3 is 0 Å². The average Bonchev–Trinajstić information content (AvgIpc) is 3.29. The number of carbonyl (C=O) groups excluding carboxylic acids is 2. The van der Waals surface area contributed by atoms with E-state index in [4.69, 9.17) is 4.74 Å². The topological polar surface area (TPSA) is 43.4 Å². The Labute approximate surface area is 138 Å². The fourth-order valence-electron chi connectivity index (χ4n) is 2.57. The molecule has 0 aliphatic heterocycles. The Hall–Kier alpha value is -1.33. The van der Waals surface area contributed by atoms with Crippen molar-refractivity contribution in [2.75, 3.05) is 12.9 Å². The summed E-state index contributed by atoms with van der Waals surface area (Å²) >= 11 is 3.16. The molecule has 5 heteroatoms. The molecule has 1 aromatic carbocycles.